The van der Waals surface area contributed by atoms with Crippen molar-refractivity contribution in [3.8, 4) is 0 Å². The number of aromatic amines is 1. The predicted molar refractivity (Wildman–Crippen MR) is 82.2 cm³/mol. The first kappa shape index (κ1) is 13.2. The first-order chi connectivity index (χ1) is 9.58. The van der Waals surface area contributed by atoms with E-state index in [-0.39, 0.29) is 0 Å². The van der Waals surface area contributed by atoms with Crippen molar-refractivity contribution in [1.29, 1.82) is 0 Å². The molecule has 2 heterocycles. The Bertz CT molecular complexity index is 661. The van der Waals surface area contributed by atoms with Gasteiger partial charge in [-0.15, -0.1) is 0 Å². The number of pyridine rings is 1. The van der Waals surface area contributed by atoms with Crippen LogP contribution in [0.5, 0.6) is 0 Å². The van der Waals surface area contributed by atoms with Gasteiger partial charge in [0.2, 0.25) is 5.52 Å². The van der Waals surface area contributed by atoms with Crippen molar-refractivity contribution in [3.05, 3.63) is 29.0 Å². The average molecular weight is 272 g/mol. The Morgan fingerprint density at radius 3 is 2.50 bits per heavy atom. The number of rotatable bonds is 1. The summed E-state index contributed by atoms with van der Waals surface area (Å²) < 4.78 is 5.46. The highest BCUT2D eigenvalue weighted by atomic mass is 16.5. The number of nitrogen functional groups attached to an aromatic ring is 1. The van der Waals surface area contributed by atoms with E-state index in [1.54, 1.807) is 0 Å². The number of nitrogens with one attached hydrogen (secondary N) is 1. The molecule has 0 aliphatic carbocycles. The number of fused-ring (bicyclic) bond motifs is 1. The van der Waals surface area contributed by atoms with Crippen LogP contribution in [-0.4, -0.2) is 26.3 Å². The van der Waals surface area contributed by atoms with Crippen molar-refractivity contribution in [2.45, 2.75) is 20.8 Å². The van der Waals surface area contributed by atoms with Gasteiger partial charge in [0.15, 0.2) is 5.69 Å². The summed E-state index contributed by atoms with van der Waals surface area (Å²) in [5.74, 6) is 0. The molecule has 1 aromatic heterocycles. The van der Waals surface area contributed by atoms with Crippen LogP contribution in [0.15, 0.2) is 12.1 Å². The lowest BCUT2D eigenvalue weighted by Crippen LogP contribution is -2.37. The highest BCUT2D eigenvalue weighted by Gasteiger charge is 2.21. The Morgan fingerprint density at radius 2 is 1.80 bits per heavy atom. The van der Waals surface area contributed by atoms with Crippen LogP contribution in [0.4, 0.5) is 11.4 Å². The number of H-pyrrole nitrogens is 1. The second kappa shape index (κ2) is 4.94. The molecule has 1 aliphatic heterocycles. The van der Waals surface area contributed by atoms with Crippen molar-refractivity contribution in [2.75, 3.05) is 36.9 Å². The van der Waals surface area contributed by atoms with Gasteiger partial charge in [-0.2, -0.15) is 0 Å². The number of hydrogen-bond acceptors (Lipinski definition) is 3. The van der Waals surface area contributed by atoms with Crippen LogP contribution in [0.25, 0.3) is 10.9 Å². The van der Waals surface area contributed by atoms with Crippen molar-refractivity contribution in [3.63, 3.8) is 0 Å². The zero-order valence-electron chi connectivity index (χ0n) is 12.4. The van der Waals surface area contributed by atoms with Gasteiger partial charge in [0.1, 0.15) is 0 Å². The van der Waals surface area contributed by atoms with Crippen LogP contribution in [0, 0.1) is 20.8 Å². The number of nitrogens with zero attached hydrogens (tertiary/aromatic N) is 1. The fraction of sp³-hybridized carbons (Fsp3) is 0.438. The maximum absolute atomic E-state index is 6.37. The smallest absolute Gasteiger partial charge is 0.218 e. The van der Waals surface area contributed by atoms with Gasteiger partial charge in [-0.1, -0.05) is 0 Å². The summed E-state index contributed by atoms with van der Waals surface area (Å²) in [5.41, 5.74) is 13.2. The van der Waals surface area contributed by atoms with Gasteiger partial charge in [-0.05, 0) is 25.5 Å². The lowest BCUT2D eigenvalue weighted by molar-refractivity contribution is -0.354. The minimum Gasteiger partial charge on any atom is -0.398 e. The van der Waals surface area contributed by atoms with E-state index in [1.165, 1.54) is 11.3 Å². The third-order valence-electron chi connectivity index (χ3n) is 4.05. The summed E-state index contributed by atoms with van der Waals surface area (Å²) in [7, 11) is 0. The Morgan fingerprint density at radius 1 is 1.10 bits per heavy atom. The first-order valence-corrected chi connectivity index (χ1v) is 7.13. The molecule has 4 nitrogen and oxygen atoms in total. The molecule has 0 amide bonds. The lowest BCUT2D eigenvalue weighted by Gasteiger charge is -2.29. The minimum atomic E-state index is 0.782. The normalized spacial score (nSPS) is 15.8. The fourth-order valence-corrected chi connectivity index (χ4v) is 2.99. The van der Waals surface area contributed by atoms with Crippen LogP contribution in [0.1, 0.15) is 16.8 Å². The van der Waals surface area contributed by atoms with Crippen LogP contribution in [0.3, 0.4) is 0 Å². The number of morpholine rings is 1. The third kappa shape index (κ3) is 2.10. The Balaban J connectivity index is 2.29. The van der Waals surface area contributed by atoms with Gasteiger partial charge in [0, 0.05) is 31.6 Å². The summed E-state index contributed by atoms with van der Waals surface area (Å²) in [6, 6.07) is 4.35. The molecular weight excluding hydrogens is 250 g/mol. The molecule has 1 aromatic carbocycles. The van der Waals surface area contributed by atoms with Gasteiger partial charge in [0.25, 0.3) is 0 Å². The first-order valence-electron chi connectivity index (χ1n) is 7.13. The average Bonchev–Trinajstić information content (AvgIpc) is 2.45. The number of benzene rings is 1. The van der Waals surface area contributed by atoms with E-state index in [0.29, 0.717) is 0 Å². The minimum absolute atomic E-state index is 0.782. The highest BCUT2D eigenvalue weighted by molar-refractivity contribution is 6.01. The van der Waals surface area contributed by atoms with Gasteiger partial charge in [-0.3, -0.25) is 0 Å². The molecular formula is C16H22N3O+. The van der Waals surface area contributed by atoms with Crippen LogP contribution < -0.4 is 15.6 Å². The quantitative estimate of drug-likeness (QED) is 0.808. The number of aromatic nitrogens is 1. The zero-order chi connectivity index (χ0) is 14.3. The molecule has 1 fully saturated rings. The maximum Gasteiger partial charge on any atom is 0.218 e. The van der Waals surface area contributed by atoms with Gasteiger partial charge >= 0.3 is 0 Å². The van der Waals surface area contributed by atoms with E-state index < -0.39 is 0 Å². The van der Waals surface area contributed by atoms with Crippen molar-refractivity contribution < 1.29 is 9.72 Å². The second-order valence-electron chi connectivity index (χ2n) is 5.61. The van der Waals surface area contributed by atoms with E-state index in [2.05, 4.69) is 42.8 Å². The molecule has 4 heteroatoms. The predicted octanol–water partition coefficient (Wildman–Crippen LogP) is 2.00. The van der Waals surface area contributed by atoms with Crippen LogP contribution in [-0.2, 0) is 4.74 Å². The van der Waals surface area contributed by atoms with Gasteiger partial charge in [-0.25, -0.2) is 4.98 Å². The van der Waals surface area contributed by atoms with E-state index in [4.69, 9.17) is 10.5 Å². The highest BCUT2D eigenvalue weighted by Crippen LogP contribution is 2.34. The fourth-order valence-electron chi connectivity index (χ4n) is 2.99. The van der Waals surface area contributed by atoms with E-state index in [0.717, 1.165) is 54.2 Å². The van der Waals surface area contributed by atoms with E-state index in [1.807, 2.05) is 0 Å². The summed E-state index contributed by atoms with van der Waals surface area (Å²) in [5, 5.41) is 1.15. The molecule has 1 saturated heterocycles. The summed E-state index contributed by atoms with van der Waals surface area (Å²) in [4.78, 5) is 5.84. The number of aryl methyl sites for hydroxylation is 3. The Labute approximate surface area is 119 Å². The molecule has 3 N–H and O–H groups in total. The topological polar surface area (TPSA) is 52.6 Å². The molecule has 0 unspecified atom stereocenters. The summed E-state index contributed by atoms with van der Waals surface area (Å²) in [6.07, 6.45) is 0. The molecule has 0 radical (unpaired) electrons. The van der Waals surface area contributed by atoms with Crippen molar-refractivity contribution >= 4 is 22.3 Å². The maximum atomic E-state index is 6.37. The molecule has 0 saturated carbocycles. The zero-order valence-corrected chi connectivity index (χ0v) is 12.4. The number of nitrogens with two attached hydrogens (primary N) is 1. The molecule has 3 rings (SSSR count). The molecule has 0 atom stereocenters. The molecule has 2 aromatic rings. The largest absolute Gasteiger partial charge is 0.398 e. The van der Waals surface area contributed by atoms with Crippen LogP contribution in [0.2, 0.25) is 0 Å². The Kier molecular flexibility index (Phi) is 3.26. The number of ether oxygens (including phenoxy) is 1. The molecule has 0 spiro atoms. The molecule has 20 heavy (non-hydrogen) atoms. The number of hydrogen-bond donors (Lipinski definition) is 1. The van der Waals surface area contributed by atoms with E-state index >= 15 is 0 Å². The van der Waals surface area contributed by atoms with Crippen molar-refractivity contribution in [2.24, 2.45) is 0 Å². The standard InChI is InChI=1S/C16H21N3O/c1-10-8-11(2)16-14(15(10)17)13(9-12(3)18-16)19-4-6-20-7-5-19/h8-9H,4-7,17H2,1-3H3/p+1. The van der Waals surface area contributed by atoms with Gasteiger partial charge < -0.3 is 15.4 Å². The SMILES string of the molecule is Cc1cc(N2CCOCC2)c2c(N)c(C)cc(C)c2[nH+]1. The van der Waals surface area contributed by atoms with E-state index in [9.17, 15) is 0 Å². The van der Waals surface area contributed by atoms with Gasteiger partial charge in [0.05, 0.1) is 30.0 Å². The number of anilines is 2. The monoisotopic (exact) mass is 272 g/mol. The Hall–Kier alpha value is -1.81. The summed E-state index contributed by atoms with van der Waals surface area (Å²) >= 11 is 0. The molecule has 1 aliphatic rings. The molecule has 0 bridgehead atoms. The molecule has 106 valence electrons. The lowest BCUT2D eigenvalue weighted by atomic mass is 10.0. The van der Waals surface area contributed by atoms with Crippen molar-refractivity contribution in [1.82, 2.24) is 0 Å². The second-order valence-corrected chi connectivity index (χ2v) is 5.61. The summed E-state index contributed by atoms with van der Waals surface area (Å²) in [6.45, 7) is 9.71. The third-order valence-corrected chi connectivity index (χ3v) is 4.05. The van der Waals surface area contributed by atoms with Crippen LogP contribution >= 0.6 is 0 Å².